The lowest BCUT2D eigenvalue weighted by atomic mass is 9.87. The highest BCUT2D eigenvalue weighted by Gasteiger charge is 2.30. The van der Waals surface area contributed by atoms with Crippen molar-refractivity contribution in [1.29, 1.82) is 0 Å². The molecule has 280 valence electrons. The maximum atomic E-state index is 13.8. The minimum atomic E-state index is -0.834. The van der Waals surface area contributed by atoms with Crippen molar-refractivity contribution in [1.82, 2.24) is 20.1 Å². The van der Waals surface area contributed by atoms with Crippen LogP contribution < -0.4 is 15.5 Å². The largest absolute Gasteiger partial charge is 0.480 e. The summed E-state index contributed by atoms with van der Waals surface area (Å²) in [6.45, 7) is 3.40. The van der Waals surface area contributed by atoms with Crippen LogP contribution in [0.5, 0.6) is 0 Å². The Morgan fingerprint density at radius 1 is 0.815 bits per heavy atom. The van der Waals surface area contributed by atoms with Crippen molar-refractivity contribution in [3.8, 4) is 11.3 Å². The van der Waals surface area contributed by atoms with Gasteiger partial charge in [-0.05, 0) is 118 Å². The van der Waals surface area contributed by atoms with Crippen molar-refractivity contribution in [3.05, 3.63) is 113 Å². The molecule has 0 bridgehead atoms. The van der Waals surface area contributed by atoms with Crippen LogP contribution in [-0.2, 0) is 11.2 Å². The van der Waals surface area contributed by atoms with Crippen LogP contribution in [0.25, 0.3) is 11.3 Å². The number of aromatic nitrogens is 1. The molecule has 3 aromatic carbocycles. The Hall–Kier alpha value is -5.55. The Bertz CT molecular complexity index is 2030. The van der Waals surface area contributed by atoms with E-state index in [4.69, 9.17) is 0 Å². The molecule has 54 heavy (non-hydrogen) atoms. The zero-order valence-electron chi connectivity index (χ0n) is 30.8. The van der Waals surface area contributed by atoms with Crippen LogP contribution >= 0.6 is 0 Å². The summed E-state index contributed by atoms with van der Waals surface area (Å²) in [7, 11) is 1.69. The van der Waals surface area contributed by atoms with E-state index in [0.717, 1.165) is 57.3 Å². The van der Waals surface area contributed by atoms with Crippen LogP contribution in [0, 0.1) is 0 Å². The van der Waals surface area contributed by atoms with E-state index in [2.05, 4.69) is 32.7 Å². The third kappa shape index (κ3) is 8.31. The molecule has 3 amide bonds. The number of anilines is 2. The number of benzene rings is 3. The molecule has 0 spiro atoms. The molecule has 2 atom stereocenters. The van der Waals surface area contributed by atoms with Crippen molar-refractivity contribution < 1.29 is 24.3 Å². The van der Waals surface area contributed by atoms with Crippen LogP contribution in [0.3, 0.4) is 0 Å². The first-order valence-electron chi connectivity index (χ1n) is 19.1. The molecule has 2 aliphatic heterocycles. The summed E-state index contributed by atoms with van der Waals surface area (Å²) in [6, 6.07) is 23.7. The van der Waals surface area contributed by atoms with E-state index in [0.29, 0.717) is 59.7 Å². The number of hydrogen-bond donors (Lipinski definition) is 3. The predicted molar refractivity (Wildman–Crippen MR) is 209 cm³/mol. The molecule has 7 rings (SSSR count). The van der Waals surface area contributed by atoms with Crippen molar-refractivity contribution in [2.75, 3.05) is 50.0 Å². The Labute approximate surface area is 316 Å². The van der Waals surface area contributed by atoms with Gasteiger partial charge in [-0.2, -0.15) is 0 Å². The van der Waals surface area contributed by atoms with Gasteiger partial charge in [0.1, 0.15) is 6.04 Å². The number of pyridine rings is 1. The number of aryl methyl sites for hydroxylation is 1. The Balaban J connectivity index is 1.10. The molecule has 11 heteroatoms. The molecule has 2 fully saturated rings. The van der Waals surface area contributed by atoms with Gasteiger partial charge in [-0.1, -0.05) is 30.3 Å². The first-order chi connectivity index (χ1) is 26.2. The van der Waals surface area contributed by atoms with E-state index < -0.39 is 12.0 Å². The minimum Gasteiger partial charge on any atom is -0.480 e. The summed E-state index contributed by atoms with van der Waals surface area (Å²) in [6.07, 6.45) is 9.38. The van der Waals surface area contributed by atoms with E-state index in [-0.39, 0.29) is 23.8 Å². The number of carbonyl (C=O) groups is 4. The van der Waals surface area contributed by atoms with Gasteiger partial charge in [-0.15, -0.1) is 0 Å². The number of likely N-dealkylation sites (N-methyl/N-ethyl adjacent to an activating group) is 1. The Morgan fingerprint density at radius 2 is 1.61 bits per heavy atom. The fraction of sp³-hybridized carbons (Fsp3) is 0.372. The normalized spacial score (nSPS) is 18.4. The fourth-order valence-corrected chi connectivity index (χ4v) is 8.03. The molecule has 3 N–H and O–H groups in total. The van der Waals surface area contributed by atoms with Crippen molar-refractivity contribution in [2.45, 2.75) is 63.5 Å². The lowest BCUT2D eigenvalue weighted by Crippen LogP contribution is -2.41. The van der Waals surface area contributed by atoms with Gasteiger partial charge in [0.15, 0.2) is 0 Å². The molecule has 1 aromatic heterocycles. The number of amides is 3. The van der Waals surface area contributed by atoms with Gasteiger partial charge in [0, 0.05) is 67.4 Å². The summed E-state index contributed by atoms with van der Waals surface area (Å²) in [5, 5.41) is 15.8. The molecule has 11 nitrogen and oxygen atoms in total. The third-order valence-corrected chi connectivity index (χ3v) is 11.0. The molecule has 0 radical (unpaired) electrons. The molecule has 3 aliphatic rings. The van der Waals surface area contributed by atoms with E-state index >= 15 is 0 Å². The average Bonchev–Trinajstić information content (AvgIpc) is 3.70. The zero-order chi connectivity index (χ0) is 37.6. The number of hydrogen-bond acceptors (Lipinski definition) is 7. The summed E-state index contributed by atoms with van der Waals surface area (Å²) >= 11 is 0. The monoisotopic (exact) mass is 728 g/mol. The van der Waals surface area contributed by atoms with Crippen LogP contribution in [0.2, 0.25) is 0 Å². The first-order valence-corrected chi connectivity index (χ1v) is 19.1. The highest BCUT2D eigenvalue weighted by atomic mass is 16.4. The average molecular weight is 729 g/mol. The van der Waals surface area contributed by atoms with Crippen LogP contribution in [0.15, 0.2) is 85.1 Å². The van der Waals surface area contributed by atoms with Crippen LogP contribution in [-0.4, -0.2) is 89.4 Å². The second-order valence-electron chi connectivity index (χ2n) is 14.6. The number of carbonyl (C=O) groups excluding carboxylic acids is 3. The Morgan fingerprint density at radius 3 is 2.44 bits per heavy atom. The molecule has 3 heterocycles. The number of likely N-dealkylation sites (tertiary alicyclic amines) is 1. The van der Waals surface area contributed by atoms with Crippen molar-refractivity contribution in [2.24, 2.45) is 0 Å². The second-order valence-corrected chi connectivity index (χ2v) is 14.6. The number of nitrogens with zero attached hydrogens (tertiary/aromatic N) is 4. The van der Waals surface area contributed by atoms with E-state index in [1.165, 1.54) is 17.5 Å². The number of aliphatic carboxylic acids is 1. The highest BCUT2D eigenvalue weighted by molar-refractivity contribution is 6.08. The zero-order valence-corrected chi connectivity index (χ0v) is 30.8. The van der Waals surface area contributed by atoms with E-state index in [1.54, 1.807) is 54.5 Å². The molecule has 0 saturated carbocycles. The first kappa shape index (κ1) is 36.8. The smallest absolute Gasteiger partial charge is 0.320 e. The molecular formula is C43H48N6O5. The molecule has 4 aromatic rings. The Kier molecular flexibility index (Phi) is 11.3. The summed E-state index contributed by atoms with van der Waals surface area (Å²) in [5.41, 5.74) is 6.43. The standard InChI is InChI=1S/C43H48N6O5/c1-47(24-25-49-23-9-16-39(49)43(53)54)42(52)32-13-7-12-30(26-32)40(50)46-37-18-17-33(48-21-5-2-6-22-48)28-35(37)38-27-31(19-20-44-38)41(51)45-36-15-8-11-29-10-3-4-14-34(29)36/h3-4,7,10,12-14,17-20,26-28,36,39H,2,5-6,8-9,11,15-16,21-25H2,1H3,(H,45,51)(H,46,50)(H,53,54)/t36-,39?/m0/s1. The minimum absolute atomic E-state index is 0.0619. The number of fused-ring (bicyclic) bond motifs is 1. The number of carboxylic acids is 1. The number of nitrogens with one attached hydrogen (secondary N) is 2. The van der Waals surface area contributed by atoms with Gasteiger partial charge in [0.05, 0.1) is 17.4 Å². The van der Waals surface area contributed by atoms with Gasteiger partial charge >= 0.3 is 5.97 Å². The number of rotatable bonds is 11. The van der Waals surface area contributed by atoms with Crippen molar-refractivity contribution in [3.63, 3.8) is 0 Å². The second kappa shape index (κ2) is 16.6. The molecule has 1 aliphatic carbocycles. The lowest BCUT2D eigenvalue weighted by Gasteiger charge is -2.29. The number of piperidine rings is 1. The molecule has 1 unspecified atom stereocenters. The third-order valence-electron chi connectivity index (χ3n) is 11.0. The van der Waals surface area contributed by atoms with Gasteiger partial charge in [0.25, 0.3) is 17.7 Å². The van der Waals surface area contributed by atoms with Gasteiger partial charge in [-0.25, -0.2) is 0 Å². The van der Waals surface area contributed by atoms with E-state index in [9.17, 15) is 24.3 Å². The topological polar surface area (TPSA) is 135 Å². The maximum Gasteiger partial charge on any atom is 0.320 e. The van der Waals surface area contributed by atoms with Gasteiger partial charge in [-0.3, -0.25) is 29.1 Å². The van der Waals surface area contributed by atoms with Crippen LogP contribution in [0.4, 0.5) is 11.4 Å². The van der Waals surface area contributed by atoms with Gasteiger partial charge in [0.2, 0.25) is 0 Å². The summed E-state index contributed by atoms with van der Waals surface area (Å²) in [5.74, 6) is -1.64. The lowest BCUT2D eigenvalue weighted by molar-refractivity contribution is -0.142. The summed E-state index contributed by atoms with van der Waals surface area (Å²) < 4.78 is 0. The SMILES string of the molecule is CN(CCN1CCCC1C(=O)O)C(=O)c1cccc(C(=O)Nc2ccc(N3CCCCC3)cc2-c2cc(C(=O)N[C@H]3CCCc4ccccc43)ccn2)c1. The predicted octanol–water partition coefficient (Wildman–Crippen LogP) is 6.42. The number of carboxylic acid groups (broad SMARTS) is 1. The highest BCUT2D eigenvalue weighted by Crippen LogP contribution is 2.34. The van der Waals surface area contributed by atoms with Gasteiger partial charge < -0.3 is 25.5 Å². The maximum absolute atomic E-state index is 13.8. The fourth-order valence-electron chi connectivity index (χ4n) is 8.03. The molecular weight excluding hydrogens is 681 g/mol. The van der Waals surface area contributed by atoms with Crippen molar-refractivity contribution >= 4 is 35.1 Å². The van der Waals surface area contributed by atoms with Crippen LogP contribution in [0.1, 0.15) is 93.2 Å². The van der Waals surface area contributed by atoms with E-state index in [1.807, 2.05) is 35.2 Å². The molecule has 2 saturated heterocycles. The quantitative estimate of drug-likeness (QED) is 0.161. The summed E-state index contributed by atoms with van der Waals surface area (Å²) in [4.78, 5) is 63.0.